The molecule has 5 heteroatoms. The summed E-state index contributed by atoms with van der Waals surface area (Å²) in [4.78, 5) is 24.6. The van der Waals surface area contributed by atoms with Crippen LogP contribution >= 0.6 is 11.8 Å². The van der Waals surface area contributed by atoms with E-state index in [0.717, 1.165) is 33.9 Å². The summed E-state index contributed by atoms with van der Waals surface area (Å²) in [7, 11) is 0. The lowest BCUT2D eigenvalue weighted by Gasteiger charge is -2.06. The maximum absolute atomic E-state index is 12.4. The molecule has 0 aliphatic carbocycles. The highest BCUT2D eigenvalue weighted by molar-refractivity contribution is 7.99. The van der Waals surface area contributed by atoms with Gasteiger partial charge < -0.3 is 4.98 Å². The van der Waals surface area contributed by atoms with Crippen LogP contribution in [0.2, 0.25) is 0 Å². The van der Waals surface area contributed by atoms with Crippen molar-refractivity contribution >= 4 is 17.5 Å². The van der Waals surface area contributed by atoms with Crippen LogP contribution in [0.5, 0.6) is 0 Å². The van der Waals surface area contributed by atoms with Crippen LogP contribution in [-0.2, 0) is 0 Å². The third-order valence-corrected chi connectivity index (χ3v) is 4.53. The summed E-state index contributed by atoms with van der Waals surface area (Å²) in [6.07, 6.45) is 0. The molecular weight excluding hydrogens is 318 g/mol. The van der Waals surface area contributed by atoms with Gasteiger partial charge >= 0.3 is 0 Å². The normalized spacial score (nSPS) is 10.8. The first-order chi connectivity index (χ1) is 11.5. The summed E-state index contributed by atoms with van der Waals surface area (Å²) in [5, 5.41) is 0.632. The van der Waals surface area contributed by atoms with Crippen molar-refractivity contribution in [2.75, 3.05) is 5.75 Å². The molecule has 0 spiro atoms. The Hall–Kier alpha value is -2.40. The number of Topliss-reactive ketones (excluding diaryl/α,β-unsaturated/α-hetero) is 1. The van der Waals surface area contributed by atoms with Gasteiger partial charge in [0.2, 0.25) is 0 Å². The Morgan fingerprint density at radius 1 is 1.08 bits per heavy atom. The Bertz CT molecular complexity index is 872. The van der Waals surface area contributed by atoms with Crippen LogP contribution in [0.1, 0.15) is 27.4 Å². The topological polar surface area (TPSA) is 58.6 Å². The van der Waals surface area contributed by atoms with Crippen LogP contribution < -0.4 is 0 Å². The molecule has 2 heterocycles. The molecule has 0 saturated heterocycles. The molecule has 0 radical (unpaired) electrons. The minimum atomic E-state index is 0.0909. The second kappa shape index (κ2) is 7.01. The van der Waals surface area contributed by atoms with Gasteiger partial charge in [0.1, 0.15) is 0 Å². The Kier molecular flexibility index (Phi) is 4.81. The predicted molar refractivity (Wildman–Crippen MR) is 97.5 cm³/mol. The highest BCUT2D eigenvalue weighted by Crippen LogP contribution is 2.22. The van der Waals surface area contributed by atoms with Gasteiger partial charge in [-0.05, 0) is 32.9 Å². The van der Waals surface area contributed by atoms with Crippen LogP contribution in [0, 0.1) is 20.8 Å². The molecule has 0 aliphatic rings. The minimum absolute atomic E-state index is 0.0909. The first-order valence-corrected chi connectivity index (χ1v) is 8.75. The number of thioether (sulfide) groups is 1. The van der Waals surface area contributed by atoms with E-state index in [0.29, 0.717) is 10.9 Å². The first-order valence-electron chi connectivity index (χ1n) is 7.76. The Morgan fingerprint density at radius 2 is 1.83 bits per heavy atom. The number of H-pyrrole nitrogens is 1. The number of aromatic nitrogens is 3. The van der Waals surface area contributed by atoms with Gasteiger partial charge in [-0.2, -0.15) is 0 Å². The molecule has 2 aromatic heterocycles. The van der Waals surface area contributed by atoms with Crippen molar-refractivity contribution in [2.45, 2.75) is 25.9 Å². The summed E-state index contributed by atoms with van der Waals surface area (Å²) in [6, 6.07) is 13.8. The van der Waals surface area contributed by atoms with E-state index < -0.39 is 0 Å². The molecule has 0 atom stereocenters. The van der Waals surface area contributed by atoms with Crippen molar-refractivity contribution in [3.63, 3.8) is 0 Å². The van der Waals surface area contributed by atoms with Gasteiger partial charge in [-0.3, -0.25) is 4.79 Å². The fourth-order valence-corrected chi connectivity index (χ4v) is 3.37. The molecule has 0 amide bonds. The van der Waals surface area contributed by atoms with Gasteiger partial charge in [-0.1, -0.05) is 42.1 Å². The second-order valence-corrected chi connectivity index (χ2v) is 6.69. The predicted octanol–water partition coefficient (Wildman–Crippen LogP) is 4.37. The van der Waals surface area contributed by atoms with Gasteiger partial charge in [0.05, 0.1) is 11.4 Å². The highest BCUT2D eigenvalue weighted by Gasteiger charge is 2.13. The Morgan fingerprint density at radius 3 is 2.50 bits per heavy atom. The lowest BCUT2D eigenvalue weighted by molar-refractivity contribution is 0.102. The van der Waals surface area contributed by atoms with E-state index in [2.05, 4.69) is 15.0 Å². The molecular formula is C19H19N3OS. The zero-order chi connectivity index (χ0) is 17.1. The summed E-state index contributed by atoms with van der Waals surface area (Å²) in [5.74, 6) is 0.420. The highest BCUT2D eigenvalue weighted by atomic mass is 32.2. The average Bonchev–Trinajstić information content (AvgIpc) is 2.91. The SMILES string of the molecule is Cc1cc(-c2ccccc2)nc(SCC(=O)c2cc(C)[nH]c2C)n1. The monoisotopic (exact) mass is 337 g/mol. The van der Waals surface area contributed by atoms with Crippen LogP contribution in [-0.4, -0.2) is 26.5 Å². The lowest BCUT2D eigenvalue weighted by atomic mass is 10.1. The van der Waals surface area contributed by atoms with E-state index in [1.54, 1.807) is 0 Å². The average molecular weight is 337 g/mol. The first kappa shape index (κ1) is 16.5. The molecule has 0 unspecified atom stereocenters. The van der Waals surface area contributed by atoms with Gasteiger partial charge in [0.25, 0.3) is 0 Å². The van der Waals surface area contributed by atoms with Gasteiger partial charge in [-0.15, -0.1) is 0 Å². The smallest absolute Gasteiger partial charge is 0.188 e. The largest absolute Gasteiger partial charge is 0.362 e. The molecule has 3 rings (SSSR count). The summed E-state index contributed by atoms with van der Waals surface area (Å²) >= 11 is 1.38. The third kappa shape index (κ3) is 3.74. The number of aryl methyl sites for hydroxylation is 3. The third-order valence-electron chi connectivity index (χ3n) is 3.69. The molecule has 0 fully saturated rings. The number of hydrogen-bond donors (Lipinski definition) is 1. The van der Waals surface area contributed by atoms with Crippen molar-refractivity contribution in [1.82, 2.24) is 15.0 Å². The molecule has 0 saturated carbocycles. The van der Waals surface area contributed by atoms with Gasteiger partial charge in [-0.25, -0.2) is 9.97 Å². The summed E-state index contributed by atoms with van der Waals surface area (Å²) in [6.45, 7) is 5.81. The second-order valence-electron chi connectivity index (χ2n) is 5.75. The van der Waals surface area contributed by atoms with Crippen molar-refractivity contribution in [3.05, 3.63) is 65.1 Å². The Labute approximate surface area is 145 Å². The molecule has 3 aromatic rings. The van der Waals surface area contributed by atoms with Crippen molar-refractivity contribution in [3.8, 4) is 11.3 Å². The van der Waals surface area contributed by atoms with E-state index >= 15 is 0 Å². The van der Waals surface area contributed by atoms with Crippen LogP contribution in [0.25, 0.3) is 11.3 Å². The molecule has 0 bridgehead atoms. The number of benzene rings is 1. The number of ketones is 1. The summed E-state index contributed by atoms with van der Waals surface area (Å²) in [5.41, 5.74) is 5.48. The molecule has 0 aliphatic heterocycles. The maximum Gasteiger partial charge on any atom is 0.188 e. The van der Waals surface area contributed by atoms with Crippen molar-refractivity contribution in [1.29, 1.82) is 0 Å². The number of carbonyl (C=O) groups is 1. The zero-order valence-corrected chi connectivity index (χ0v) is 14.8. The van der Waals surface area contributed by atoms with Gasteiger partial charge in [0, 0.05) is 28.2 Å². The number of aromatic amines is 1. The molecule has 1 N–H and O–H groups in total. The van der Waals surface area contributed by atoms with E-state index in [1.807, 2.05) is 63.2 Å². The number of nitrogens with zero attached hydrogens (tertiary/aromatic N) is 2. The maximum atomic E-state index is 12.4. The van der Waals surface area contributed by atoms with E-state index in [1.165, 1.54) is 11.8 Å². The molecule has 24 heavy (non-hydrogen) atoms. The van der Waals surface area contributed by atoms with E-state index in [9.17, 15) is 4.79 Å². The number of nitrogens with one attached hydrogen (secondary N) is 1. The lowest BCUT2D eigenvalue weighted by Crippen LogP contribution is -2.04. The van der Waals surface area contributed by atoms with Gasteiger partial charge in [0.15, 0.2) is 10.9 Å². The fraction of sp³-hybridized carbons (Fsp3) is 0.211. The standard InChI is InChI=1S/C19H19N3OS/c1-12-9-16(14(3)20-12)18(23)11-24-19-21-13(2)10-17(22-19)15-7-5-4-6-8-15/h4-10,20H,11H2,1-3H3. The zero-order valence-electron chi connectivity index (χ0n) is 14.0. The Balaban J connectivity index is 1.77. The summed E-state index contributed by atoms with van der Waals surface area (Å²) < 4.78 is 0. The van der Waals surface area contributed by atoms with Crippen molar-refractivity contribution in [2.24, 2.45) is 0 Å². The van der Waals surface area contributed by atoms with Crippen molar-refractivity contribution < 1.29 is 4.79 Å². The number of carbonyl (C=O) groups excluding carboxylic acids is 1. The molecule has 4 nitrogen and oxygen atoms in total. The number of rotatable bonds is 5. The van der Waals surface area contributed by atoms with Crippen LogP contribution in [0.4, 0.5) is 0 Å². The molecule has 122 valence electrons. The van der Waals surface area contributed by atoms with E-state index in [4.69, 9.17) is 0 Å². The fourth-order valence-electron chi connectivity index (χ4n) is 2.58. The van der Waals surface area contributed by atoms with E-state index in [-0.39, 0.29) is 5.78 Å². The van der Waals surface area contributed by atoms with Crippen LogP contribution in [0.15, 0.2) is 47.6 Å². The quantitative estimate of drug-likeness (QED) is 0.427. The minimum Gasteiger partial charge on any atom is -0.362 e. The molecule has 1 aromatic carbocycles. The number of hydrogen-bond acceptors (Lipinski definition) is 4. The van der Waals surface area contributed by atoms with Crippen LogP contribution in [0.3, 0.4) is 0 Å².